The molecule has 0 aromatic rings. The Morgan fingerprint density at radius 1 is 1.29 bits per heavy atom. The minimum atomic E-state index is -0.0845. The molecule has 2 nitrogen and oxygen atoms in total. The first-order valence-corrected chi connectivity index (χ1v) is 6.77. The molecule has 0 aliphatic rings. The van der Waals surface area contributed by atoms with E-state index in [2.05, 4.69) is 41.2 Å². The van der Waals surface area contributed by atoms with E-state index in [4.69, 9.17) is 0 Å². The van der Waals surface area contributed by atoms with Gasteiger partial charge >= 0.3 is 5.97 Å². The van der Waals surface area contributed by atoms with Crippen molar-refractivity contribution in [2.75, 3.05) is 11.5 Å². The third-order valence-electron chi connectivity index (χ3n) is 2.80. The zero-order valence-corrected chi connectivity index (χ0v) is 11.5. The van der Waals surface area contributed by atoms with Crippen LogP contribution >= 0.6 is 22.6 Å². The number of alkyl halides is 1. The fourth-order valence-corrected chi connectivity index (χ4v) is 2.39. The molecule has 0 spiro atoms. The summed E-state index contributed by atoms with van der Waals surface area (Å²) in [5, 5.41) is 0. The Bertz CT molecular complexity index is 159. The second-order valence-electron chi connectivity index (χ2n) is 3.90. The van der Waals surface area contributed by atoms with Gasteiger partial charge in [-0.1, -0.05) is 36.4 Å². The Kier molecular flexibility index (Phi) is 8.63. The molecule has 0 bridgehead atoms. The summed E-state index contributed by atoms with van der Waals surface area (Å²) >= 11 is 2.42. The Labute approximate surface area is 101 Å². The van der Waals surface area contributed by atoms with Crippen molar-refractivity contribution in [1.29, 1.82) is 0 Å². The zero-order chi connectivity index (χ0) is 11.0. The Balaban J connectivity index is 3.52. The molecule has 0 fully saturated rings. The fourth-order valence-electron chi connectivity index (χ4n) is 1.41. The molecule has 0 saturated heterocycles. The molecule has 14 heavy (non-hydrogen) atoms. The van der Waals surface area contributed by atoms with E-state index >= 15 is 0 Å². The van der Waals surface area contributed by atoms with Crippen LogP contribution in [0, 0.1) is 11.8 Å². The van der Waals surface area contributed by atoms with E-state index < -0.39 is 0 Å². The smallest absolute Gasteiger partial charge is 0.305 e. The van der Waals surface area contributed by atoms with Gasteiger partial charge in [0.2, 0.25) is 0 Å². The van der Waals surface area contributed by atoms with Crippen LogP contribution in [0.3, 0.4) is 0 Å². The van der Waals surface area contributed by atoms with Crippen molar-refractivity contribution in [3.8, 4) is 0 Å². The number of hydrogen-bond acceptors (Lipinski definition) is 2. The normalized spacial score (nSPS) is 14.9. The second-order valence-corrected chi connectivity index (χ2v) is 4.98. The van der Waals surface area contributed by atoms with Crippen molar-refractivity contribution >= 4 is 28.6 Å². The van der Waals surface area contributed by atoms with Crippen LogP contribution in [0.4, 0.5) is 0 Å². The van der Waals surface area contributed by atoms with Gasteiger partial charge in [0.05, 0.1) is 7.11 Å². The van der Waals surface area contributed by atoms with Crippen LogP contribution in [0.15, 0.2) is 0 Å². The van der Waals surface area contributed by atoms with Crippen molar-refractivity contribution in [3.05, 3.63) is 0 Å². The number of methoxy groups -OCH3 is 1. The number of esters is 1. The molecule has 0 aliphatic carbocycles. The highest BCUT2D eigenvalue weighted by molar-refractivity contribution is 14.1. The SMILES string of the molecule is COC(=O)CCC[C@H](C)[C@H](C)CCI. The molecule has 84 valence electrons. The van der Waals surface area contributed by atoms with E-state index in [9.17, 15) is 4.79 Å². The van der Waals surface area contributed by atoms with Gasteiger partial charge in [0.25, 0.3) is 0 Å². The first kappa shape index (κ1) is 14.2. The largest absolute Gasteiger partial charge is 0.469 e. The third kappa shape index (κ3) is 6.62. The van der Waals surface area contributed by atoms with Gasteiger partial charge in [-0.25, -0.2) is 0 Å². The fraction of sp³-hybridized carbons (Fsp3) is 0.909. The van der Waals surface area contributed by atoms with E-state index in [1.807, 2.05) is 0 Å². The Hall–Kier alpha value is 0.200. The van der Waals surface area contributed by atoms with Crippen molar-refractivity contribution in [1.82, 2.24) is 0 Å². The summed E-state index contributed by atoms with van der Waals surface area (Å²) in [5.74, 6) is 1.40. The van der Waals surface area contributed by atoms with Crippen LogP contribution in [0.25, 0.3) is 0 Å². The van der Waals surface area contributed by atoms with Crippen molar-refractivity contribution < 1.29 is 9.53 Å². The monoisotopic (exact) mass is 312 g/mol. The van der Waals surface area contributed by atoms with Gasteiger partial charge < -0.3 is 4.74 Å². The van der Waals surface area contributed by atoms with Crippen LogP contribution in [0.1, 0.15) is 39.5 Å². The highest BCUT2D eigenvalue weighted by atomic mass is 127. The van der Waals surface area contributed by atoms with Crippen molar-refractivity contribution in [3.63, 3.8) is 0 Å². The lowest BCUT2D eigenvalue weighted by atomic mass is 9.89. The van der Waals surface area contributed by atoms with E-state index in [0.717, 1.165) is 24.7 Å². The number of hydrogen-bond donors (Lipinski definition) is 0. The molecule has 0 saturated carbocycles. The minimum Gasteiger partial charge on any atom is -0.469 e. The Morgan fingerprint density at radius 2 is 1.86 bits per heavy atom. The van der Waals surface area contributed by atoms with Gasteiger partial charge in [-0.15, -0.1) is 0 Å². The number of carbonyl (C=O) groups excluding carboxylic acids is 1. The maximum absolute atomic E-state index is 10.9. The lowest BCUT2D eigenvalue weighted by molar-refractivity contribution is -0.140. The summed E-state index contributed by atoms with van der Waals surface area (Å²) < 4.78 is 5.82. The van der Waals surface area contributed by atoms with E-state index in [1.54, 1.807) is 0 Å². The van der Waals surface area contributed by atoms with Crippen LogP contribution < -0.4 is 0 Å². The molecule has 0 radical (unpaired) electrons. The van der Waals surface area contributed by atoms with Gasteiger partial charge in [-0.2, -0.15) is 0 Å². The zero-order valence-electron chi connectivity index (χ0n) is 9.38. The summed E-state index contributed by atoms with van der Waals surface area (Å²) in [4.78, 5) is 10.9. The predicted octanol–water partition coefficient (Wildman–Crippen LogP) is 3.43. The van der Waals surface area contributed by atoms with Crippen molar-refractivity contribution in [2.24, 2.45) is 11.8 Å². The minimum absolute atomic E-state index is 0.0845. The molecule has 2 atom stereocenters. The number of halogens is 1. The molecule has 0 rings (SSSR count). The summed E-state index contributed by atoms with van der Waals surface area (Å²) in [7, 11) is 1.45. The lowest BCUT2D eigenvalue weighted by Crippen LogP contribution is -2.09. The van der Waals surface area contributed by atoms with Gasteiger partial charge in [0.15, 0.2) is 0 Å². The van der Waals surface area contributed by atoms with Crippen molar-refractivity contribution in [2.45, 2.75) is 39.5 Å². The summed E-state index contributed by atoms with van der Waals surface area (Å²) in [5.41, 5.74) is 0. The molecule has 3 heteroatoms. The average Bonchev–Trinajstić information content (AvgIpc) is 2.17. The van der Waals surface area contributed by atoms with E-state index in [0.29, 0.717) is 6.42 Å². The quantitative estimate of drug-likeness (QED) is 0.409. The molecule has 0 N–H and O–H groups in total. The molecular formula is C11H21IO2. The molecular weight excluding hydrogens is 291 g/mol. The summed E-state index contributed by atoms with van der Waals surface area (Å²) in [6, 6.07) is 0. The van der Waals surface area contributed by atoms with E-state index in [1.165, 1.54) is 18.0 Å². The van der Waals surface area contributed by atoms with E-state index in [-0.39, 0.29) is 5.97 Å². The lowest BCUT2D eigenvalue weighted by Gasteiger charge is -2.18. The first-order chi connectivity index (χ1) is 6.61. The van der Waals surface area contributed by atoms with Crippen LogP contribution in [0.5, 0.6) is 0 Å². The molecule has 0 heterocycles. The molecule has 0 aromatic carbocycles. The Morgan fingerprint density at radius 3 is 2.36 bits per heavy atom. The number of ether oxygens (including phenoxy) is 1. The van der Waals surface area contributed by atoms with Crippen LogP contribution in [0.2, 0.25) is 0 Å². The molecule has 0 amide bonds. The van der Waals surface area contributed by atoms with Gasteiger partial charge in [-0.3, -0.25) is 4.79 Å². The summed E-state index contributed by atoms with van der Waals surface area (Å²) in [6.07, 6.45) is 3.93. The molecule has 0 aliphatic heterocycles. The average molecular weight is 312 g/mol. The number of rotatable bonds is 7. The van der Waals surface area contributed by atoms with Gasteiger partial charge in [-0.05, 0) is 35.5 Å². The number of carbonyl (C=O) groups is 1. The summed E-state index contributed by atoms with van der Waals surface area (Å²) in [6.45, 7) is 4.57. The highest BCUT2D eigenvalue weighted by Gasteiger charge is 2.11. The van der Waals surface area contributed by atoms with Gasteiger partial charge in [0.1, 0.15) is 0 Å². The topological polar surface area (TPSA) is 26.3 Å². The van der Waals surface area contributed by atoms with Gasteiger partial charge in [0, 0.05) is 6.42 Å². The first-order valence-electron chi connectivity index (χ1n) is 5.24. The van der Waals surface area contributed by atoms with Crippen LogP contribution in [-0.2, 0) is 9.53 Å². The molecule has 0 unspecified atom stereocenters. The standard InChI is InChI=1S/C11H21IO2/c1-9(10(2)7-8-12)5-4-6-11(13)14-3/h9-10H,4-8H2,1-3H3/t9-,10+/m0/s1. The van der Waals surface area contributed by atoms with Crippen LogP contribution in [-0.4, -0.2) is 17.5 Å². The highest BCUT2D eigenvalue weighted by Crippen LogP contribution is 2.21. The predicted molar refractivity (Wildman–Crippen MR) is 67.7 cm³/mol. The second kappa shape index (κ2) is 8.50. The maximum atomic E-state index is 10.9. The third-order valence-corrected chi connectivity index (χ3v) is 3.43. The maximum Gasteiger partial charge on any atom is 0.305 e. The molecule has 0 aromatic heterocycles.